The summed E-state index contributed by atoms with van der Waals surface area (Å²) in [5.74, 6) is -1.33. The molecule has 1 heterocycles. The first kappa shape index (κ1) is 7.61. The highest BCUT2D eigenvalue weighted by molar-refractivity contribution is 7.03. The molecule has 0 fully saturated rings. The van der Waals surface area contributed by atoms with Gasteiger partial charge in [-0.1, -0.05) is 9.64 Å². The Kier molecular flexibility index (Phi) is 2.12. The molecule has 0 saturated carbocycles. The monoisotopic (exact) mass is 173 g/mol. The van der Waals surface area contributed by atoms with Crippen LogP contribution < -0.4 is 0 Å². The summed E-state index contributed by atoms with van der Waals surface area (Å²) in [6.07, 6.45) is 0. The van der Waals surface area contributed by atoms with E-state index in [4.69, 9.17) is 10.3 Å². The lowest BCUT2D eigenvalue weighted by Gasteiger charge is -1.89. The molecule has 0 aliphatic rings. The van der Waals surface area contributed by atoms with Crippen molar-refractivity contribution >= 4 is 23.2 Å². The topological polar surface area (TPSA) is 95.7 Å². The molecule has 0 bridgehead atoms. The Hall–Kier alpha value is -1.50. The summed E-state index contributed by atoms with van der Waals surface area (Å²) in [5.41, 5.74) is -0.441. The number of rotatable bonds is 2. The molecule has 0 aliphatic carbocycles. The zero-order valence-electron chi connectivity index (χ0n) is 5.13. The molecule has 58 valence electrons. The van der Waals surface area contributed by atoms with Crippen LogP contribution in [0.1, 0.15) is 5.69 Å². The van der Waals surface area contributed by atoms with Crippen LogP contribution in [0.5, 0.6) is 0 Å². The summed E-state index contributed by atoms with van der Waals surface area (Å²) in [6.45, 7) is 0. The maximum atomic E-state index is 10.3. The standard InChI is InChI=1S/C4H3N3O3S/c8-4(9)3(6-10)2-1-11-7-5-2/h1,10H,(H,8,9). The fourth-order valence-corrected chi connectivity index (χ4v) is 0.912. The number of carbonyl (C=O) groups is 1. The van der Waals surface area contributed by atoms with Crippen molar-refractivity contribution in [1.29, 1.82) is 0 Å². The van der Waals surface area contributed by atoms with E-state index in [2.05, 4.69) is 14.7 Å². The lowest BCUT2D eigenvalue weighted by molar-refractivity contribution is -0.129. The Balaban J connectivity index is 2.99. The molecule has 0 aromatic carbocycles. The van der Waals surface area contributed by atoms with Gasteiger partial charge in [-0.2, -0.15) is 0 Å². The highest BCUT2D eigenvalue weighted by Crippen LogP contribution is 1.99. The zero-order chi connectivity index (χ0) is 8.27. The summed E-state index contributed by atoms with van der Waals surface area (Å²) >= 11 is 0.984. The summed E-state index contributed by atoms with van der Waals surface area (Å²) in [7, 11) is 0. The molecule has 11 heavy (non-hydrogen) atoms. The molecule has 1 aromatic rings. The summed E-state index contributed by atoms with van der Waals surface area (Å²) < 4.78 is 3.41. The van der Waals surface area contributed by atoms with E-state index in [1.165, 1.54) is 5.38 Å². The fourth-order valence-electron chi connectivity index (χ4n) is 0.471. The molecule has 0 amide bonds. The van der Waals surface area contributed by atoms with Crippen LogP contribution in [0.4, 0.5) is 0 Å². The SMILES string of the molecule is O=C(O)C(=NO)c1csnn1. The van der Waals surface area contributed by atoms with Crippen LogP contribution in [-0.4, -0.2) is 31.6 Å². The van der Waals surface area contributed by atoms with Crippen LogP contribution in [-0.2, 0) is 4.79 Å². The molecule has 6 nitrogen and oxygen atoms in total. The lowest BCUT2D eigenvalue weighted by atomic mass is 10.3. The average molecular weight is 173 g/mol. The maximum absolute atomic E-state index is 10.3. The predicted octanol–water partition coefficient (Wildman–Crippen LogP) is -0.199. The number of hydrogen-bond donors (Lipinski definition) is 2. The Bertz CT molecular complexity index is 281. The minimum atomic E-state index is -1.33. The van der Waals surface area contributed by atoms with Crippen LogP contribution in [0.3, 0.4) is 0 Å². The Morgan fingerprint density at radius 3 is 2.82 bits per heavy atom. The van der Waals surface area contributed by atoms with Gasteiger partial charge in [0.1, 0.15) is 5.69 Å². The highest BCUT2D eigenvalue weighted by Gasteiger charge is 2.15. The number of aliphatic carboxylic acids is 1. The number of aromatic nitrogens is 2. The van der Waals surface area contributed by atoms with Gasteiger partial charge in [-0.3, -0.25) is 0 Å². The van der Waals surface area contributed by atoms with E-state index in [0.717, 1.165) is 11.5 Å². The quantitative estimate of drug-likeness (QED) is 0.367. The highest BCUT2D eigenvalue weighted by atomic mass is 32.1. The van der Waals surface area contributed by atoms with E-state index in [1.54, 1.807) is 0 Å². The fraction of sp³-hybridized carbons (Fsp3) is 0. The van der Waals surface area contributed by atoms with Crippen molar-refractivity contribution in [2.75, 3.05) is 0 Å². The van der Waals surface area contributed by atoms with Crippen molar-refractivity contribution in [3.63, 3.8) is 0 Å². The van der Waals surface area contributed by atoms with Crippen LogP contribution >= 0.6 is 11.5 Å². The van der Waals surface area contributed by atoms with Gasteiger partial charge in [-0.25, -0.2) is 4.79 Å². The number of carboxylic acids is 1. The molecule has 0 spiro atoms. The van der Waals surface area contributed by atoms with Gasteiger partial charge in [0.2, 0.25) is 5.71 Å². The van der Waals surface area contributed by atoms with E-state index >= 15 is 0 Å². The molecule has 1 aromatic heterocycles. The maximum Gasteiger partial charge on any atom is 0.360 e. The molecule has 0 radical (unpaired) electrons. The van der Waals surface area contributed by atoms with Crippen molar-refractivity contribution in [2.24, 2.45) is 5.16 Å². The van der Waals surface area contributed by atoms with Gasteiger partial charge in [0.15, 0.2) is 0 Å². The van der Waals surface area contributed by atoms with Crippen LogP contribution in [0.2, 0.25) is 0 Å². The van der Waals surface area contributed by atoms with E-state index in [0.29, 0.717) is 0 Å². The van der Waals surface area contributed by atoms with Gasteiger partial charge in [-0.05, 0) is 11.5 Å². The van der Waals surface area contributed by atoms with Gasteiger partial charge < -0.3 is 10.3 Å². The van der Waals surface area contributed by atoms with E-state index in [1.807, 2.05) is 0 Å². The number of carboxylic acid groups (broad SMARTS) is 1. The van der Waals surface area contributed by atoms with E-state index in [-0.39, 0.29) is 5.69 Å². The molecular formula is C4H3N3O3S. The third-order valence-corrected chi connectivity index (χ3v) is 1.41. The van der Waals surface area contributed by atoms with Crippen LogP contribution in [0.25, 0.3) is 0 Å². The third-order valence-electron chi connectivity index (χ3n) is 0.905. The largest absolute Gasteiger partial charge is 0.476 e. The lowest BCUT2D eigenvalue weighted by Crippen LogP contribution is -2.14. The minimum absolute atomic E-state index is 0.0602. The summed E-state index contributed by atoms with van der Waals surface area (Å²) in [4.78, 5) is 10.3. The second kappa shape index (κ2) is 3.06. The minimum Gasteiger partial charge on any atom is -0.476 e. The van der Waals surface area contributed by atoms with Crippen molar-refractivity contribution in [3.05, 3.63) is 11.1 Å². The van der Waals surface area contributed by atoms with Crippen LogP contribution in [0, 0.1) is 0 Å². The normalized spacial score (nSPS) is 11.5. The molecule has 7 heteroatoms. The van der Waals surface area contributed by atoms with Gasteiger partial charge in [0.05, 0.1) is 0 Å². The first-order chi connectivity index (χ1) is 5.25. The Morgan fingerprint density at radius 1 is 1.73 bits per heavy atom. The van der Waals surface area contributed by atoms with Crippen molar-refractivity contribution in [2.45, 2.75) is 0 Å². The molecule has 1 rings (SSSR count). The Morgan fingerprint density at radius 2 is 2.45 bits per heavy atom. The van der Waals surface area contributed by atoms with Crippen molar-refractivity contribution < 1.29 is 15.1 Å². The van der Waals surface area contributed by atoms with Gasteiger partial charge >= 0.3 is 5.97 Å². The number of oxime groups is 1. The first-order valence-electron chi connectivity index (χ1n) is 2.48. The van der Waals surface area contributed by atoms with Gasteiger partial charge in [-0.15, -0.1) is 5.10 Å². The Labute approximate surface area is 64.9 Å². The predicted molar refractivity (Wildman–Crippen MR) is 35.9 cm³/mol. The van der Waals surface area contributed by atoms with E-state index in [9.17, 15) is 4.79 Å². The summed E-state index contributed by atoms with van der Waals surface area (Å²) in [6, 6.07) is 0. The smallest absolute Gasteiger partial charge is 0.360 e. The second-order valence-corrected chi connectivity index (χ2v) is 2.15. The number of nitrogens with zero attached hydrogens (tertiary/aromatic N) is 3. The van der Waals surface area contributed by atoms with Crippen molar-refractivity contribution in [3.8, 4) is 0 Å². The van der Waals surface area contributed by atoms with Gasteiger partial charge in [0, 0.05) is 5.38 Å². The molecular weight excluding hydrogens is 170 g/mol. The van der Waals surface area contributed by atoms with E-state index < -0.39 is 11.7 Å². The van der Waals surface area contributed by atoms with Gasteiger partial charge in [0.25, 0.3) is 0 Å². The molecule has 0 unspecified atom stereocenters. The van der Waals surface area contributed by atoms with Crippen molar-refractivity contribution in [1.82, 2.24) is 9.59 Å². The zero-order valence-corrected chi connectivity index (χ0v) is 5.95. The molecule has 0 aliphatic heterocycles. The third kappa shape index (κ3) is 1.49. The number of hydrogen-bond acceptors (Lipinski definition) is 6. The average Bonchev–Trinajstić information content (AvgIpc) is 2.40. The molecule has 0 atom stereocenters. The molecule has 2 N–H and O–H groups in total. The van der Waals surface area contributed by atoms with Crippen LogP contribution in [0.15, 0.2) is 10.5 Å². The second-order valence-electron chi connectivity index (χ2n) is 1.54. The molecule has 0 saturated heterocycles. The first-order valence-corrected chi connectivity index (χ1v) is 3.32. The summed E-state index contributed by atoms with van der Waals surface area (Å²) in [5, 5.41) is 23.9.